The predicted octanol–water partition coefficient (Wildman–Crippen LogP) is 2.07. The maximum atomic E-state index is 11.8. The largest absolute Gasteiger partial charge is 0.326 e. The van der Waals surface area contributed by atoms with Crippen LogP contribution in [-0.4, -0.2) is 14.4 Å². The Balaban J connectivity index is 2.05. The Morgan fingerprint density at radius 3 is 2.44 bits per heavy atom. The summed E-state index contributed by atoms with van der Waals surface area (Å²) in [4.78, 5) is 0. The third-order valence-electron chi connectivity index (χ3n) is 2.04. The minimum Gasteiger partial charge on any atom is -0.326 e. The fourth-order valence-electron chi connectivity index (χ4n) is 1.29. The van der Waals surface area contributed by atoms with Gasteiger partial charge in [0.05, 0.1) is 0 Å². The van der Waals surface area contributed by atoms with Gasteiger partial charge in [-0.05, 0) is 23.6 Å². The van der Waals surface area contributed by atoms with Crippen molar-refractivity contribution >= 4 is 33.0 Å². The minimum atomic E-state index is -3.65. The van der Waals surface area contributed by atoms with Crippen LogP contribution in [0.25, 0.3) is 0 Å². The number of anilines is 1. The summed E-state index contributed by atoms with van der Waals surface area (Å²) in [5.41, 5.74) is 0.649. The summed E-state index contributed by atoms with van der Waals surface area (Å²) < 4.78 is 26.0. The molecule has 18 heavy (non-hydrogen) atoms. The maximum Gasteiger partial charge on any atom is 0.273 e. The lowest BCUT2D eigenvalue weighted by atomic mass is 10.3. The van der Waals surface area contributed by atoms with E-state index in [0.717, 1.165) is 11.3 Å². The molecule has 0 aliphatic rings. The third kappa shape index (κ3) is 3.08. The third-order valence-corrected chi connectivity index (χ3v) is 4.79. The van der Waals surface area contributed by atoms with Gasteiger partial charge in [-0.1, -0.05) is 24.3 Å². The number of hydrogen-bond acceptors (Lipinski definition) is 4. The molecule has 0 spiro atoms. The summed E-state index contributed by atoms with van der Waals surface area (Å²) in [6.45, 7) is 0. The van der Waals surface area contributed by atoms with E-state index in [0.29, 0.717) is 5.69 Å². The second kappa shape index (κ2) is 5.19. The van der Waals surface area contributed by atoms with Crippen molar-refractivity contribution in [3.05, 3.63) is 47.8 Å². The van der Waals surface area contributed by atoms with E-state index in [-0.39, 0.29) is 10.2 Å². The molecule has 0 atom stereocenters. The molecule has 0 aliphatic heterocycles. The van der Waals surface area contributed by atoms with Gasteiger partial charge >= 0.3 is 0 Å². The van der Waals surface area contributed by atoms with Gasteiger partial charge in [0.1, 0.15) is 4.21 Å². The smallest absolute Gasteiger partial charge is 0.273 e. The van der Waals surface area contributed by atoms with E-state index in [2.05, 4.69) is 10.0 Å². The first kappa shape index (κ1) is 12.6. The Morgan fingerprint density at radius 2 is 1.83 bits per heavy atom. The van der Waals surface area contributed by atoms with E-state index in [1.54, 1.807) is 35.7 Å². The highest BCUT2D eigenvalue weighted by molar-refractivity contribution is 7.92. The molecule has 0 aliphatic carbocycles. The lowest BCUT2D eigenvalue weighted by Gasteiger charge is -2.09. The molecule has 0 bridgehead atoms. The van der Waals surface area contributed by atoms with Crippen LogP contribution in [-0.2, 0) is 10.0 Å². The molecule has 2 aromatic rings. The highest BCUT2D eigenvalue weighted by Gasteiger charge is 2.16. The second-order valence-electron chi connectivity index (χ2n) is 3.40. The lowest BCUT2D eigenvalue weighted by Crippen LogP contribution is -2.34. The molecule has 2 rings (SSSR count). The zero-order chi connectivity index (χ0) is 13.0. The van der Waals surface area contributed by atoms with E-state index >= 15 is 0 Å². The van der Waals surface area contributed by atoms with Gasteiger partial charge in [0, 0.05) is 5.69 Å². The molecule has 0 radical (unpaired) electrons. The summed E-state index contributed by atoms with van der Waals surface area (Å²) in [6, 6.07) is 12.1. The molecule has 0 amide bonds. The zero-order valence-electron chi connectivity index (χ0n) is 9.25. The standard InChI is InChI=1S/C11H11N3O2S2/c12-11(13-9-5-2-1-3-6-9)14-18(15,16)10-7-4-8-17-10/h1-8H,(H3,12,13,14). The van der Waals surface area contributed by atoms with Gasteiger partial charge in [0.25, 0.3) is 10.0 Å². The Labute approximate surface area is 109 Å². The lowest BCUT2D eigenvalue weighted by molar-refractivity contribution is 0.594. The van der Waals surface area contributed by atoms with Gasteiger partial charge < -0.3 is 5.32 Å². The van der Waals surface area contributed by atoms with E-state index in [9.17, 15) is 8.42 Å². The highest BCUT2D eigenvalue weighted by atomic mass is 32.2. The normalized spacial score (nSPS) is 10.9. The van der Waals surface area contributed by atoms with Gasteiger partial charge in [0.15, 0.2) is 0 Å². The Hall–Kier alpha value is -1.86. The average Bonchev–Trinajstić information content (AvgIpc) is 2.83. The molecule has 0 fully saturated rings. The number of rotatable bonds is 3. The molecular formula is C11H11N3O2S2. The molecular weight excluding hydrogens is 270 g/mol. The number of hydrogen-bond donors (Lipinski definition) is 3. The van der Waals surface area contributed by atoms with Gasteiger partial charge in [-0.3, -0.25) is 5.41 Å². The van der Waals surface area contributed by atoms with Crippen LogP contribution in [0.2, 0.25) is 0 Å². The van der Waals surface area contributed by atoms with Crippen LogP contribution in [0.1, 0.15) is 0 Å². The molecule has 1 aromatic heterocycles. The van der Waals surface area contributed by atoms with Crippen LogP contribution in [0.4, 0.5) is 5.69 Å². The van der Waals surface area contributed by atoms with Crippen molar-refractivity contribution in [2.45, 2.75) is 4.21 Å². The van der Waals surface area contributed by atoms with Crippen LogP contribution in [0.3, 0.4) is 0 Å². The summed E-state index contributed by atoms with van der Waals surface area (Å²) in [7, 11) is -3.65. The Kier molecular flexibility index (Phi) is 3.63. The number of nitrogens with one attached hydrogen (secondary N) is 3. The number of thiophene rings is 1. The van der Waals surface area contributed by atoms with E-state index in [4.69, 9.17) is 5.41 Å². The van der Waals surface area contributed by atoms with Crippen LogP contribution in [0.5, 0.6) is 0 Å². The topological polar surface area (TPSA) is 82.1 Å². The molecule has 3 N–H and O–H groups in total. The van der Waals surface area contributed by atoms with Crippen molar-refractivity contribution in [2.24, 2.45) is 0 Å². The van der Waals surface area contributed by atoms with Crippen LogP contribution in [0, 0.1) is 5.41 Å². The Morgan fingerprint density at radius 1 is 1.11 bits per heavy atom. The van der Waals surface area contributed by atoms with Crippen molar-refractivity contribution < 1.29 is 8.42 Å². The summed E-state index contributed by atoms with van der Waals surface area (Å²) in [5.74, 6) is -0.283. The first-order valence-electron chi connectivity index (χ1n) is 5.05. The van der Waals surface area contributed by atoms with Gasteiger partial charge in [0.2, 0.25) is 5.96 Å². The average molecular weight is 281 g/mol. The number of sulfonamides is 1. The van der Waals surface area contributed by atoms with E-state index < -0.39 is 10.0 Å². The molecule has 94 valence electrons. The Bertz CT molecular complexity index is 622. The van der Waals surface area contributed by atoms with Crippen molar-refractivity contribution in [3.8, 4) is 0 Å². The van der Waals surface area contributed by atoms with Crippen LogP contribution >= 0.6 is 11.3 Å². The zero-order valence-corrected chi connectivity index (χ0v) is 10.9. The highest BCUT2D eigenvalue weighted by Crippen LogP contribution is 2.15. The predicted molar refractivity (Wildman–Crippen MR) is 72.4 cm³/mol. The van der Waals surface area contributed by atoms with Crippen molar-refractivity contribution in [1.82, 2.24) is 4.72 Å². The van der Waals surface area contributed by atoms with Gasteiger partial charge in [-0.25, -0.2) is 13.1 Å². The van der Waals surface area contributed by atoms with Crippen molar-refractivity contribution in [2.75, 3.05) is 5.32 Å². The van der Waals surface area contributed by atoms with Crippen molar-refractivity contribution in [3.63, 3.8) is 0 Å². The molecule has 1 heterocycles. The molecule has 1 aromatic carbocycles. The molecule has 0 saturated carbocycles. The minimum absolute atomic E-state index is 0.183. The number of benzene rings is 1. The fraction of sp³-hybridized carbons (Fsp3) is 0. The van der Waals surface area contributed by atoms with Gasteiger partial charge in [-0.15, -0.1) is 11.3 Å². The molecule has 0 unspecified atom stereocenters. The molecule has 7 heteroatoms. The molecule has 5 nitrogen and oxygen atoms in total. The quantitative estimate of drug-likeness (QED) is 0.595. The number of para-hydroxylation sites is 1. The maximum absolute atomic E-state index is 11.8. The summed E-state index contributed by atoms with van der Waals surface area (Å²) >= 11 is 1.10. The fourth-order valence-corrected chi connectivity index (χ4v) is 3.22. The van der Waals surface area contributed by atoms with Crippen LogP contribution < -0.4 is 10.0 Å². The SMILES string of the molecule is N=C(Nc1ccccc1)NS(=O)(=O)c1cccs1. The van der Waals surface area contributed by atoms with Crippen LogP contribution in [0.15, 0.2) is 52.1 Å². The molecule has 0 saturated heterocycles. The van der Waals surface area contributed by atoms with E-state index in [1.807, 2.05) is 6.07 Å². The monoisotopic (exact) mass is 281 g/mol. The van der Waals surface area contributed by atoms with Gasteiger partial charge in [-0.2, -0.15) is 0 Å². The first-order chi connectivity index (χ1) is 8.58. The van der Waals surface area contributed by atoms with E-state index in [1.165, 1.54) is 6.07 Å². The summed E-state index contributed by atoms with van der Waals surface area (Å²) in [5, 5.41) is 11.9. The summed E-state index contributed by atoms with van der Waals surface area (Å²) in [6.07, 6.45) is 0. The first-order valence-corrected chi connectivity index (χ1v) is 7.41. The number of guanidine groups is 1. The second-order valence-corrected chi connectivity index (χ2v) is 6.26. The van der Waals surface area contributed by atoms with Crippen molar-refractivity contribution in [1.29, 1.82) is 5.41 Å².